The maximum atomic E-state index is 5.73. The highest BCUT2D eigenvalue weighted by Crippen LogP contribution is 2.29. The van der Waals surface area contributed by atoms with Gasteiger partial charge in [0.05, 0.1) is 6.61 Å². The first-order chi connectivity index (χ1) is 8.29. The lowest BCUT2D eigenvalue weighted by Crippen LogP contribution is -2.07. The molecule has 1 aliphatic carbocycles. The molecule has 0 atom stereocenters. The van der Waals surface area contributed by atoms with Gasteiger partial charge in [0.25, 0.3) is 0 Å². The summed E-state index contributed by atoms with van der Waals surface area (Å²) in [5, 5.41) is 3.35. The Morgan fingerprint density at radius 2 is 2.24 bits per heavy atom. The molecule has 1 saturated carbocycles. The van der Waals surface area contributed by atoms with Gasteiger partial charge in [0.2, 0.25) is 0 Å². The van der Waals surface area contributed by atoms with E-state index in [1.807, 2.05) is 0 Å². The molecule has 2 nitrogen and oxygen atoms in total. The molecule has 1 fully saturated rings. The highest BCUT2D eigenvalue weighted by molar-refractivity contribution is 6.18. The molecule has 0 spiro atoms. The van der Waals surface area contributed by atoms with Crippen LogP contribution in [0, 0.1) is 12.8 Å². The molecule has 1 N–H and O–H groups in total. The molecule has 2 rings (SSSR count). The highest BCUT2D eigenvalue weighted by Gasteiger charge is 2.21. The summed E-state index contributed by atoms with van der Waals surface area (Å²) >= 11 is 5.70. The zero-order valence-electron chi connectivity index (χ0n) is 10.3. The van der Waals surface area contributed by atoms with E-state index in [1.165, 1.54) is 24.0 Å². The maximum Gasteiger partial charge on any atom is 0.0737 e. The van der Waals surface area contributed by atoms with Crippen LogP contribution in [-0.2, 0) is 11.3 Å². The lowest BCUT2D eigenvalue weighted by atomic mass is 10.1. The van der Waals surface area contributed by atoms with E-state index in [-0.39, 0.29) is 0 Å². The molecule has 17 heavy (non-hydrogen) atoms. The van der Waals surface area contributed by atoms with Crippen molar-refractivity contribution in [1.29, 1.82) is 0 Å². The molecule has 0 saturated heterocycles. The first-order valence-electron chi connectivity index (χ1n) is 6.26. The van der Waals surface area contributed by atoms with Gasteiger partial charge in [0.15, 0.2) is 0 Å². The molecule has 0 radical (unpaired) electrons. The summed E-state index contributed by atoms with van der Waals surface area (Å²) in [6.45, 7) is 4.49. The first kappa shape index (κ1) is 12.7. The number of benzene rings is 1. The third-order valence-electron chi connectivity index (χ3n) is 2.98. The minimum absolute atomic E-state index is 0.621. The zero-order chi connectivity index (χ0) is 12.1. The summed E-state index contributed by atoms with van der Waals surface area (Å²) in [6.07, 6.45) is 2.68. The van der Waals surface area contributed by atoms with Crippen LogP contribution in [0.15, 0.2) is 18.2 Å². The minimum Gasteiger partial charge on any atom is -0.384 e. The van der Waals surface area contributed by atoms with Gasteiger partial charge in [-0.15, -0.1) is 11.6 Å². The number of nitrogens with one attached hydrogen (secondary N) is 1. The molecule has 0 aromatic heterocycles. The topological polar surface area (TPSA) is 21.3 Å². The number of alkyl halides is 1. The van der Waals surface area contributed by atoms with Crippen LogP contribution >= 0.6 is 11.6 Å². The van der Waals surface area contributed by atoms with E-state index in [0.717, 1.165) is 24.8 Å². The van der Waals surface area contributed by atoms with E-state index in [0.29, 0.717) is 12.5 Å². The van der Waals surface area contributed by atoms with Crippen LogP contribution in [0.25, 0.3) is 0 Å². The van der Waals surface area contributed by atoms with E-state index < -0.39 is 0 Å². The molecule has 3 heteroatoms. The minimum atomic E-state index is 0.621. The number of rotatable bonds is 7. The molecular formula is C14H20ClNO. The van der Waals surface area contributed by atoms with E-state index in [4.69, 9.17) is 16.3 Å². The van der Waals surface area contributed by atoms with Crippen LogP contribution in [0.1, 0.15) is 24.0 Å². The number of halogens is 1. The Hall–Kier alpha value is -0.730. The van der Waals surface area contributed by atoms with E-state index in [9.17, 15) is 0 Å². The SMILES string of the molecule is Cc1ccc(COCC2CC2)c(NCCCl)c1. The molecule has 94 valence electrons. The second-order valence-corrected chi connectivity index (χ2v) is 5.11. The van der Waals surface area contributed by atoms with Crippen LogP contribution in [0.2, 0.25) is 0 Å². The smallest absolute Gasteiger partial charge is 0.0737 e. The third-order valence-corrected chi connectivity index (χ3v) is 3.17. The van der Waals surface area contributed by atoms with Gasteiger partial charge in [0.1, 0.15) is 0 Å². The predicted octanol–water partition coefficient (Wildman–Crippen LogP) is 3.57. The van der Waals surface area contributed by atoms with E-state index in [1.54, 1.807) is 0 Å². The summed E-state index contributed by atoms with van der Waals surface area (Å²) in [6, 6.07) is 6.42. The van der Waals surface area contributed by atoms with Crippen LogP contribution < -0.4 is 5.32 Å². The standard InChI is InChI=1S/C14H20ClNO/c1-11-2-5-13(10-17-9-12-3-4-12)14(8-11)16-7-6-15/h2,5,8,12,16H,3-4,6-7,9-10H2,1H3. The number of hydrogen-bond donors (Lipinski definition) is 1. The van der Waals surface area contributed by atoms with Crippen molar-refractivity contribution in [3.8, 4) is 0 Å². The highest BCUT2D eigenvalue weighted by atomic mass is 35.5. The Balaban J connectivity index is 1.92. The molecule has 0 heterocycles. The number of hydrogen-bond acceptors (Lipinski definition) is 2. The molecule has 1 aliphatic rings. The molecule has 1 aromatic carbocycles. The Morgan fingerprint density at radius 1 is 1.41 bits per heavy atom. The van der Waals surface area contributed by atoms with Gasteiger partial charge in [0, 0.05) is 30.3 Å². The fourth-order valence-electron chi connectivity index (χ4n) is 1.78. The Labute approximate surface area is 108 Å². The summed E-state index contributed by atoms with van der Waals surface area (Å²) in [4.78, 5) is 0. The number of aryl methyl sites for hydroxylation is 1. The van der Waals surface area contributed by atoms with Crippen LogP contribution in [-0.4, -0.2) is 19.0 Å². The van der Waals surface area contributed by atoms with E-state index >= 15 is 0 Å². The predicted molar refractivity (Wildman–Crippen MR) is 72.8 cm³/mol. The average Bonchev–Trinajstić information content (AvgIpc) is 3.13. The molecular weight excluding hydrogens is 234 g/mol. The lowest BCUT2D eigenvalue weighted by Gasteiger charge is -2.12. The van der Waals surface area contributed by atoms with Crippen molar-refractivity contribution < 1.29 is 4.74 Å². The monoisotopic (exact) mass is 253 g/mol. The normalized spacial score (nSPS) is 14.9. The lowest BCUT2D eigenvalue weighted by molar-refractivity contribution is 0.111. The van der Waals surface area contributed by atoms with Crippen LogP contribution in [0.4, 0.5) is 5.69 Å². The third kappa shape index (κ3) is 4.21. The first-order valence-corrected chi connectivity index (χ1v) is 6.80. The summed E-state index contributed by atoms with van der Waals surface area (Å²) < 4.78 is 5.73. The van der Waals surface area contributed by atoms with Crippen LogP contribution in [0.5, 0.6) is 0 Å². The largest absolute Gasteiger partial charge is 0.384 e. The summed E-state index contributed by atoms with van der Waals surface area (Å²) in [5.41, 5.74) is 3.64. The molecule has 0 aliphatic heterocycles. The summed E-state index contributed by atoms with van der Waals surface area (Å²) in [5.74, 6) is 1.44. The van der Waals surface area contributed by atoms with Gasteiger partial charge in [-0.25, -0.2) is 0 Å². The second-order valence-electron chi connectivity index (χ2n) is 4.73. The Kier molecular flexibility index (Phi) is 4.69. The quantitative estimate of drug-likeness (QED) is 0.750. The summed E-state index contributed by atoms with van der Waals surface area (Å²) in [7, 11) is 0. The van der Waals surface area contributed by atoms with Gasteiger partial charge in [-0.05, 0) is 37.3 Å². The fraction of sp³-hybridized carbons (Fsp3) is 0.571. The van der Waals surface area contributed by atoms with Gasteiger partial charge >= 0.3 is 0 Å². The van der Waals surface area contributed by atoms with Gasteiger partial charge in [-0.3, -0.25) is 0 Å². The average molecular weight is 254 g/mol. The fourth-order valence-corrected chi connectivity index (χ4v) is 1.88. The van der Waals surface area contributed by atoms with Crippen molar-refractivity contribution >= 4 is 17.3 Å². The second kappa shape index (κ2) is 6.27. The van der Waals surface area contributed by atoms with Gasteiger partial charge in [-0.1, -0.05) is 12.1 Å². The Bertz CT molecular complexity index is 363. The van der Waals surface area contributed by atoms with E-state index in [2.05, 4.69) is 30.4 Å². The molecule has 0 bridgehead atoms. The molecule has 1 aromatic rings. The van der Waals surface area contributed by atoms with Crippen molar-refractivity contribution in [2.24, 2.45) is 5.92 Å². The Morgan fingerprint density at radius 3 is 2.94 bits per heavy atom. The van der Waals surface area contributed by atoms with Crippen molar-refractivity contribution in [2.75, 3.05) is 24.3 Å². The number of ether oxygens (including phenoxy) is 1. The van der Waals surface area contributed by atoms with Gasteiger partial charge in [-0.2, -0.15) is 0 Å². The number of anilines is 1. The molecule has 0 amide bonds. The van der Waals surface area contributed by atoms with Crippen LogP contribution in [0.3, 0.4) is 0 Å². The van der Waals surface area contributed by atoms with Crippen molar-refractivity contribution in [3.05, 3.63) is 29.3 Å². The van der Waals surface area contributed by atoms with Gasteiger partial charge < -0.3 is 10.1 Å². The maximum absolute atomic E-state index is 5.73. The molecule has 0 unspecified atom stereocenters. The zero-order valence-corrected chi connectivity index (χ0v) is 11.1. The van der Waals surface area contributed by atoms with Crippen molar-refractivity contribution in [2.45, 2.75) is 26.4 Å². The van der Waals surface area contributed by atoms with Crippen molar-refractivity contribution in [1.82, 2.24) is 0 Å². The van der Waals surface area contributed by atoms with Crippen molar-refractivity contribution in [3.63, 3.8) is 0 Å².